The lowest BCUT2D eigenvalue weighted by Gasteiger charge is -2.06. The predicted molar refractivity (Wildman–Crippen MR) is 91.2 cm³/mol. The summed E-state index contributed by atoms with van der Waals surface area (Å²) in [5.74, 6) is 0. The van der Waals surface area contributed by atoms with Gasteiger partial charge < -0.3 is 5.73 Å². The molecule has 0 spiro atoms. The van der Waals surface area contributed by atoms with Gasteiger partial charge in [0.25, 0.3) is 0 Å². The van der Waals surface area contributed by atoms with Gasteiger partial charge in [0.2, 0.25) is 0 Å². The van der Waals surface area contributed by atoms with Crippen molar-refractivity contribution in [3.63, 3.8) is 0 Å². The number of nitrogens with one attached hydrogen (secondary N) is 1. The fourth-order valence-electron chi connectivity index (χ4n) is 1.81. The Bertz CT molecular complexity index is 621. The Labute approximate surface area is 128 Å². The molecule has 0 aliphatic heterocycles. The van der Waals surface area contributed by atoms with Gasteiger partial charge in [-0.2, -0.15) is 5.10 Å². The Morgan fingerprint density at radius 2 is 1.90 bits per heavy atom. The number of thioether (sulfide) groups is 1. The highest BCUT2D eigenvalue weighted by Gasteiger charge is 2.02. The molecule has 3 N–H and O–H groups in total. The van der Waals surface area contributed by atoms with Crippen LogP contribution in [0.3, 0.4) is 0 Å². The molecule has 2 rings (SSSR count). The zero-order valence-corrected chi connectivity index (χ0v) is 12.7. The van der Waals surface area contributed by atoms with Gasteiger partial charge in [-0.1, -0.05) is 36.4 Å². The summed E-state index contributed by atoms with van der Waals surface area (Å²) in [5, 5.41) is 4.17. The van der Waals surface area contributed by atoms with Crippen LogP contribution < -0.4 is 11.2 Å². The van der Waals surface area contributed by atoms with Crippen LogP contribution in [0.4, 0.5) is 0 Å². The molecule has 20 heavy (non-hydrogen) atoms. The SMILES string of the molecule is CSc1ccc(-c2ccccc2C=NNC(N)=S)cc1. The van der Waals surface area contributed by atoms with Gasteiger partial charge in [0.1, 0.15) is 0 Å². The van der Waals surface area contributed by atoms with Crippen LogP contribution in [0.5, 0.6) is 0 Å². The zero-order valence-electron chi connectivity index (χ0n) is 11.0. The number of hydrogen-bond donors (Lipinski definition) is 2. The highest BCUT2D eigenvalue weighted by Crippen LogP contribution is 2.25. The summed E-state index contributed by atoms with van der Waals surface area (Å²) >= 11 is 6.44. The van der Waals surface area contributed by atoms with E-state index in [0.717, 1.165) is 16.7 Å². The highest BCUT2D eigenvalue weighted by molar-refractivity contribution is 7.98. The van der Waals surface area contributed by atoms with Crippen molar-refractivity contribution in [3.05, 3.63) is 54.1 Å². The Balaban J connectivity index is 2.31. The molecule has 0 atom stereocenters. The van der Waals surface area contributed by atoms with Gasteiger partial charge in [0, 0.05) is 10.5 Å². The average Bonchev–Trinajstić information content (AvgIpc) is 2.47. The zero-order chi connectivity index (χ0) is 14.4. The van der Waals surface area contributed by atoms with Gasteiger partial charge in [0.15, 0.2) is 5.11 Å². The van der Waals surface area contributed by atoms with Gasteiger partial charge in [-0.25, -0.2) is 0 Å². The molecule has 0 heterocycles. The summed E-state index contributed by atoms with van der Waals surface area (Å²) in [7, 11) is 0. The lowest BCUT2D eigenvalue weighted by Crippen LogP contribution is -2.24. The van der Waals surface area contributed by atoms with Crippen molar-refractivity contribution in [3.8, 4) is 11.1 Å². The molecule has 0 aromatic heterocycles. The number of nitrogens with two attached hydrogens (primary N) is 1. The lowest BCUT2D eigenvalue weighted by molar-refractivity contribution is 1.04. The van der Waals surface area contributed by atoms with E-state index in [1.165, 1.54) is 4.90 Å². The minimum absolute atomic E-state index is 0.156. The smallest absolute Gasteiger partial charge is 0.184 e. The molecule has 2 aromatic rings. The standard InChI is InChI=1S/C15H15N3S2/c1-20-13-8-6-11(7-9-13)14-5-3-2-4-12(14)10-17-18-15(16)19/h2-10H,1H3,(H3,16,18,19). The molecule has 0 saturated heterocycles. The van der Waals surface area contributed by atoms with E-state index in [-0.39, 0.29) is 5.11 Å². The molecule has 0 aliphatic carbocycles. The van der Waals surface area contributed by atoms with Crippen LogP contribution in [0, 0.1) is 0 Å². The minimum atomic E-state index is 0.156. The molecule has 5 heteroatoms. The summed E-state index contributed by atoms with van der Waals surface area (Å²) in [6, 6.07) is 16.5. The largest absolute Gasteiger partial charge is 0.375 e. The quantitative estimate of drug-likeness (QED) is 0.394. The molecule has 0 fully saturated rings. The second-order valence-corrected chi connectivity index (χ2v) is 5.37. The van der Waals surface area contributed by atoms with Crippen LogP contribution >= 0.6 is 24.0 Å². The summed E-state index contributed by atoms with van der Waals surface area (Å²) < 4.78 is 0. The first-order valence-electron chi connectivity index (χ1n) is 6.02. The van der Waals surface area contributed by atoms with Crippen molar-refractivity contribution in [1.82, 2.24) is 5.43 Å². The van der Waals surface area contributed by atoms with Gasteiger partial charge in [-0.05, 0) is 41.7 Å². The van der Waals surface area contributed by atoms with E-state index in [1.807, 2.05) is 18.2 Å². The van der Waals surface area contributed by atoms with Gasteiger partial charge in [-0.15, -0.1) is 11.8 Å². The number of hydrogen-bond acceptors (Lipinski definition) is 3. The molecule has 0 amide bonds. The van der Waals surface area contributed by atoms with Crippen LogP contribution in [0.25, 0.3) is 11.1 Å². The lowest BCUT2D eigenvalue weighted by atomic mass is 10.0. The van der Waals surface area contributed by atoms with Crippen LogP contribution in [0.1, 0.15) is 5.56 Å². The Kier molecular flexibility index (Phi) is 5.15. The molecule has 2 aromatic carbocycles. The van der Waals surface area contributed by atoms with E-state index < -0.39 is 0 Å². The van der Waals surface area contributed by atoms with E-state index >= 15 is 0 Å². The Hall–Kier alpha value is -1.85. The summed E-state index contributed by atoms with van der Waals surface area (Å²) in [4.78, 5) is 1.25. The number of benzene rings is 2. The third kappa shape index (κ3) is 3.82. The first-order chi connectivity index (χ1) is 9.70. The predicted octanol–water partition coefficient (Wildman–Crippen LogP) is 3.24. The van der Waals surface area contributed by atoms with Crippen molar-refractivity contribution in [2.45, 2.75) is 4.90 Å². The molecule has 0 unspecified atom stereocenters. The van der Waals surface area contributed by atoms with E-state index in [2.05, 4.69) is 47.1 Å². The van der Waals surface area contributed by atoms with Gasteiger partial charge in [-0.3, -0.25) is 5.43 Å². The summed E-state index contributed by atoms with van der Waals surface area (Å²) in [6.07, 6.45) is 3.79. The van der Waals surface area contributed by atoms with Crippen molar-refractivity contribution in [2.75, 3.05) is 6.26 Å². The molecule has 3 nitrogen and oxygen atoms in total. The summed E-state index contributed by atoms with van der Waals surface area (Å²) in [5.41, 5.74) is 11.2. The third-order valence-electron chi connectivity index (χ3n) is 2.74. The molecular weight excluding hydrogens is 286 g/mol. The maximum atomic E-state index is 5.34. The van der Waals surface area contributed by atoms with Crippen LogP contribution in [-0.2, 0) is 0 Å². The molecular formula is C15H15N3S2. The normalized spacial score (nSPS) is 10.7. The topological polar surface area (TPSA) is 50.4 Å². The van der Waals surface area contributed by atoms with Crippen molar-refractivity contribution < 1.29 is 0 Å². The maximum Gasteiger partial charge on any atom is 0.184 e. The molecule has 102 valence electrons. The first-order valence-corrected chi connectivity index (χ1v) is 7.66. The van der Waals surface area contributed by atoms with Crippen molar-refractivity contribution in [2.24, 2.45) is 10.8 Å². The molecule has 0 bridgehead atoms. The van der Waals surface area contributed by atoms with Crippen molar-refractivity contribution in [1.29, 1.82) is 0 Å². The Morgan fingerprint density at radius 1 is 1.20 bits per heavy atom. The third-order valence-corrected chi connectivity index (χ3v) is 3.58. The van der Waals surface area contributed by atoms with Crippen LogP contribution in [0.15, 0.2) is 58.5 Å². The number of thiocarbonyl (C=S) groups is 1. The maximum absolute atomic E-state index is 5.34. The average molecular weight is 301 g/mol. The second-order valence-electron chi connectivity index (χ2n) is 4.05. The van der Waals surface area contributed by atoms with E-state index in [0.29, 0.717) is 0 Å². The number of nitrogens with zero attached hydrogens (tertiary/aromatic N) is 1. The highest BCUT2D eigenvalue weighted by atomic mass is 32.2. The van der Waals surface area contributed by atoms with E-state index in [1.54, 1.807) is 18.0 Å². The number of rotatable bonds is 4. The fraction of sp³-hybridized carbons (Fsp3) is 0.0667. The van der Waals surface area contributed by atoms with E-state index in [9.17, 15) is 0 Å². The fourth-order valence-corrected chi connectivity index (χ4v) is 2.27. The molecule has 0 radical (unpaired) electrons. The summed E-state index contributed by atoms with van der Waals surface area (Å²) in [6.45, 7) is 0. The van der Waals surface area contributed by atoms with E-state index in [4.69, 9.17) is 18.0 Å². The minimum Gasteiger partial charge on any atom is -0.375 e. The Morgan fingerprint density at radius 3 is 2.55 bits per heavy atom. The van der Waals surface area contributed by atoms with Crippen molar-refractivity contribution >= 4 is 35.3 Å². The monoisotopic (exact) mass is 301 g/mol. The van der Waals surface area contributed by atoms with Gasteiger partial charge in [0.05, 0.1) is 6.21 Å². The van der Waals surface area contributed by atoms with Gasteiger partial charge >= 0.3 is 0 Å². The number of hydrazone groups is 1. The van der Waals surface area contributed by atoms with Crippen LogP contribution in [0.2, 0.25) is 0 Å². The molecule has 0 aliphatic rings. The first kappa shape index (κ1) is 14.6. The second kappa shape index (κ2) is 7.07. The molecule has 0 saturated carbocycles. The van der Waals surface area contributed by atoms with Crippen LogP contribution in [-0.4, -0.2) is 17.6 Å².